The third kappa shape index (κ3) is 1.67. The molecule has 0 radical (unpaired) electrons. The molecule has 0 aromatic heterocycles. The molecule has 0 aromatic rings. The zero-order valence-corrected chi connectivity index (χ0v) is 9.22. The van der Waals surface area contributed by atoms with Gasteiger partial charge in [0, 0.05) is 23.9 Å². The predicted octanol–water partition coefficient (Wildman–Crippen LogP) is 1.04. The Kier molecular flexibility index (Phi) is 2.23. The molecule has 2 N–H and O–H groups in total. The van der Waals surface area contributed by atoms with Gasteiger partial charge in [-0.2, -0.15) is 0 Å². The van der Waals surface area contributed by atoms with E-state index in [1.165, 1.54) is 25.7 Å². The van der Waals surface area contributed by atoms with E-state index in [9.17, 15) is 4.79 Å². The van der Waals surface area contributed by atoms with E-state index in [-0.39, 0.29) is 0 Å². The molecule has 2 aliphatic carbocycles. The van der Waals surface area contributed by atoms with E-state index < -0.39 is 0 Å². The monoisotopic (exact) mass is 208 g/mol. The Labute approximate surface area is 91.0 Å². The summed E-state index contributed by atoms with van der Waals surface area (Å²) in [5.41, 5.74) is 0.407. The van der Waals surface area contributed by atoms with Crippen molar-refractivity contribution in [3.05, 3.63) is 0 Å². The van der Waals surface area contributed by atoms with Crippen LogP contribution in [0.2, 0.25) is 0 Å². The Morgan fingerprint density at radius 3 is 3.00 bits per heavy atom. The van der Waals surface area contributed by atoms with E-state index in [0.29, 0.717) is 23.3 Å². The van der Waals surface area contributed by atoms with Crippen LogP contribution >= 0.6 is 0 Å². The second kappa shape index (κ2) is 3.48. The van der Waals surface area contributed by atoms with Crippen molar-refractivity contribution in [2.24, 2.45) is 11.3 Å². The summed E-state index contributed by atoms with van der Waals surface area (Å²) in [6, 6.07) is 0.678. The van der Waals surface area contributed by atoms with E-state index in [0.717, 1.165) is 25.9 Å². The number of hydrogen-bond acceptors (Lipinski definition) is 2. The Bertz CT molecular complexity index is 263. The maximum atomic E-state index is 11.6. The third-order valence-corrected chi connectivity index (χ3v) is 4.48. The standard InChI is InChI=1S/C12H20N2O/c15-11(9-3-4-9)14-8-12-5-1-2-10(12)13-7-6-12/h9-10,13H,1-8H2,(H,14,15)/t10-,12-/m1/s1. The Hall–Kier alpha value is -0.570. The number of hydrogen-bond donors (Lipinski definition) is 2. The first-order valence-corrected chi connectivity index (χ1v) is 6.31. The van der Waals surface area contributed by atoms with Crippen molar-refractivity contribution in [3.63, 3.8) is 0 Å². The molecule has 0 spiro atoms. The summed E-state index contributed by atoms with van der Waals surface area (Å²) >= 11 is 0. The molecule has 3 fully saturated rings. The highest BCUT2D eigenvalue weighted by atomic mass is 16.2. The summed E-state index contributed by atoms with van der Waals surface area (Å²) in [6.07, 6.45) is 7.41. The van der Waals surface area contributed by atoms with Crippen molar-refractivity contribution < 1.29 is 4.79 Å². The molecule has 3 aliphatic rings. The summed E-state index contributed by atoms with van der Waals surface area (Å²) in [5, 5.41) is 6.75. The van der Waals surface area contributed by atoms with E-state index in [2.05, 4.69) is 10.6 Å². The first kappa shape index (κ1) is 9.64. The summed E-state index contributed by atoms with van der Waals surface area (Å²) in [5.74, 6) is 0.664. The fraction of sp³-hybridized carbons (Fsp3) is 0.917. The van der Waals surface area contributed by atoms with E-state index in [1.54, 1.807) is 0 Å². The van der Waals surface area contributed by atoms with Crippen LogP contribution in [0.1, 0.15) is 38.5 Å². The van der Waals surface area contributed by atoms with Crippen molar-refractivity contribution in [1.29, 1.82) is 0 Å². The largest absolute Gasteiger partial charge is 0.355 e. The van der Waals surface area contributed by atoms with Gasteiger partial charge >= 0.3 is 0 Å². The molecule has 84 valence electrons. The van der Waals surface area contributed by atoms with Gasteiger partial charge in [0.05, 0.1) is 0 Å². The highest BCUT2D eigenvalue weighted by Crippen LogP contribution is 2.44. The maximum absolute atomic E-state index is 11.6. The van der Waals surface area contributed by atoms with Crippen molar-refractivity contribution in [2.75, 3.05) is 13.1 Å². The summed E-state index contributed by atoms with van der Waals surface area (Å²) in [6.45, 7) is 2.06. The minimum absolute atomic E-state index is 0.307. The molecule has 1 heterocycles. The lowest BCUT2D eigenvalue weighted by molar-refractivity contribution is -0.122. The van der Waals surface area contributed by atoms with Gasteiger partial charge in [-0.25, -0.2) is 0 Å². The molecular weight excluding hydrogens is 188 g/mol. The minimum atomic E-state index is 0.307. The lowest BCUT2D eigenvalue weighted by atomic mass is 9.82. The van der Waals surface area contributed by atoms with Crippen molar-refractivity contribution in [3.8, 4) is 0 Å². The van der Waals surface area contributed by atoms with E-state index >= 15 is 0 Å². The molecule has 1 saturated heterocycles. The van der Waals surface area contributed by atoms with Crippen LogP contribution < -0.4 is 10.6 Å². The predicted molar refractivity (Wildman–Crippen MR) is 58.4 cm³/mol. The molecule has 3 heteroatoms. The minimum Gasteiger partial charge on any atom is -0.355 e. The number of rotatable bonds is 3. The first-order valence-electron chi connectivity index (χ1n) is 6.31. The molecule has 2 atom stereocenters. The van der Waals surface area contributed by atoms with Crippen LogP contribution in [-0.2, 0) is 4.79 Å². The normalized spacial score (nSPS) is 39.1. The molecule has 3 nitrogen and oxygen atoms in total. The van der Waals surface area contributed by atoms with Gasteiger partial charge in [-0.15, -0.1) is 0 Å². The molecule has 15 heavy (non-hydrogen) atoms. The van der Waals surface area contributed by atoms with Crippen molar-refractivity contribution in [1.82, 2.24) is 10.6 Å². The molecule has 0 unspecified atom stereocenters. The van der Waals surface area contributed by atoms with E-state index in [4.69, 9.17) is 0 Å². The van der Waals surface area contributed by atoms with Crippen LogP contribution in [0.15, 0.2) is 0 Å². The Morgan fingerprint density at radius 2 is 2.20 bits per heavy atom. The van der Waals surface area contributed by atoms with Gasteiger partial charge in [-0.05, 0) is 38.6 Å². The quantitative estimate of drug-likeness (QED) is 0.727. The van der Waals surface area contributed by atoms with Gasteiger partial charge < -0.3 is 10.6 Å². The maximum Gasteiger partial charge on any atom is 0.223 e. The number of carbonyl (C=O) groups is 1. The van der Waals surface area contributed by atoms with Crippen LogP contribution in [0.4, 0.5) is 0 Å². The van der Waals surface area contributed by atoms with Crippen LogP contribution in [-0.4, -0.2) is 25.0 Å². The smallest absolute Gasteiger partial charge is 0.223 e. The summed E-state index contributed by atoms with van der Waals surface area (Å²) in [7, 11) is 0. The second-order valence-electron chi connectivity index (χ2n) is 5.50. The van der Waals surface area contributed by atoms with Crippen LogP contribution in [0.25, 0.3) is 0 Å². The number of carbonyl (C=O) groups excluding carboxylic acids is 1. The van der Waals surface area contributed by atoms with Gasteiger partial charge in [0.1, 0.15) is 0 Å². The number of amides is 1. The zero-order valence-electron chi connectivity index (χ0n) is 9.22. The zero-order chi connectivity index (χ0) is 10.3. The molecule has 1 aliphatic heterocycles. The van der Waals surface area contributed by atoms with Gasteiger partial charge in [0.2, 0.25) is 5.91 Å². The average Bonchev–Trinajstić information content (AvgIpc) is 2.88. The topological polar surface area (TPSA) is 41.1 Å². The molecule has 0 aromatic carbocycles. The molecule has 3 rings (SSSR count). The number of nitrogens with one attached hydrogen (secondary N) is 2. The van der Waals surface area contributed by atoms with Crippen molar-refractivity contribution in [2.45, 2.75) is 44.6 Å². The molecule has 1 amide bonds. The lowest BCUT2D eigenvalue weighted by Crippen LogP contribution is -2.42. The van der Waals surface area contributed by atoms with E-state index in [1.807, 2.05) is 0 Å². The SMILES string of the molecule is O=C(NC[C@]12CCC[C@H]1NCC2)C1CC1. The summed E-state index contributed by atoms with van der Waals surface area (Å²) in [4.78, 5) is 11.6. The second-order valence-corrected chi connectivity index (χ2v) is 5.50. The van der Waals surface area contributed by atoms with Crippen molar-refractivity contribution >= 4 is 5.91 Å². The molecular formula is C12H20N2O. The summed E-state index contributed by atoms with van der Waals surface area (Å²) < 4.78 is 0. The van der Waals surface area contributed by atoms with Gasteiger partial charge in [0.25, 0.3) is 0 Å². The molecule has 0 bridgehead atoms. The fourth-order valence-corrected chi connectivity index (χ4v) is 3.30. The molecule has 2 saturated carbocycles. The first-order chi connectivity index (χ1) is 7.30. The lowest BCUT2D eigenvalue weighted by Gasteiger charge is -2.28. The Balaban J connectivity index is 1.58. The third-order valence-electron chi connectivity index (χ3n) is 4.48. The highest BCUT2D eigenvalue weighted by molar-refractivity contribution is 5.80. The average molecular weight is 208 g/mol. The Morgan fingerprint density at radius 1 is 1.33 bits per heavy atom. The van der Waals surface area contributed by atoms with Crippen LogP contribution in [0.5, 0.6) is 0 Å². The van der Waals surface area contributed by atoms with Gasteiger partial charge in [-0.1, -0.05) is 6.42 Å². The van der Waals surface area contributed by atoms with Crippen LogP contribution in [0.3, 0.4) is 0 Å². The number of fused-ring (bicyclic) bond motifs is 1. The van der Waals surface area contributed by atoms with Gasteiger partial charge in [-0.3, -0.25) is 4.79 Å². The van der Waals surface area contributed by atoms with Gasteiger partial charge in [0.15, 0.2) is 0 Å². The highest BCUT2D eigenvalue weighted by Gasteiger charge is 2.46. The fourth-order valence-electron chi connectivity index (χ4n) is 3.30. The van der Waals surface area contributed by atoms with Crippen LogP contribution in [0, 0.1) is 11.3 Å².